The summed E-state index contributed by atoms with van der Waals surface area (Å²) in [5.74, 6) is -0.344. The van der Waals surface area contributed by atoms with Gasteiger partial charge in [-0.15, -0.1) is 0 Å². The molecule has 0 aliphatic carbocycles. The van der Waals surface area contributed by atoms with Crippen LogP contribution in [0.3, 0.4) is 0 Å². The summed E-state index contributed by atoms with van der Waals surface area (Å²) in [5.41, 5.74) is 0.465. The van der Waals surface area contributed by atoms with Gasteiger partial charge in [0.25, 0.3) is 0 Å². The van der Waals surface area contributed by atoms with Crippen molar-refractivity contribution in [2.24, 2.45) is 11.8 Å². The van der Waals surface area contributed by atoms with Gasteiger partial charge in [0.2, 0.25) is 0 Å². The maximum Gasteiger partial charge on any atom is 0.308 e. The number of piperidine rings is 1. The number of aliphatic carboxylic acids is 1. The van der Waals surface area contributed by atoms with Gasteiger partial charge in [-0.3, -0.25) is 4.79 Å². The first-order valence-electron chi connectivity index (χ1n) is 6.04. The van der Waals surface area contributed by atoms with E-state index in [1.807, 2.05) is 11.8 Å². The molecule has 1 aromatic rings. The highest BCUT2D eigenvalue weighted by atomic mass is 79.9. The monoisotopic (exact) mass is 323 g/mol. The van der Waals surface area contributed by atoms with Crippen LogP contribution in [0.4, 0.5) is 5.82 Å². The zero-order valence-electron chi connectivity index (χ0n) is 10.5. The lowest BCUT2D eigenvalue weighted by Gasteiger charge is -2.35. The van der Waals surface area contributed by atoms with Gasteiger partial charge in [0.05, 0.1) is 11.5 Å². The van der Waals surface area contributed by atoms with Crippen LogP contribution in [0.25, 0.3) is 0 Å². The minimum atomic E-state index is -0.785. The zero-order chi connectivity index (χ0) is 14.0. The predicted octanol–water partition coefficient (Wildman–Crippen LogP) is 2.26. The molecule has 5 nitrogen and oxygen atoms in total. The second-order valence-corrected chi connectivity index (χ2v) is 5.83. The van der Waals surface area contributed by atoms with E-state index in [0.29, 0.717) is 24.3 Å². The number of nitrogens with zero attached hydrogens (tertiary/aromatic N) is 3. The minimum absolute atomic E-state index is 0.270. The second-order valence-electron chi connectivity index (χ2n) is 4.92. The van der Waals surface area contributed by atoms with Crippen LogP contribution in [0.15, 0.2) is 16.7 Å². The zero-order valence-corrected chi connectivity index (χ0v) is 12.1. The van der Waals surface area contributed by atoms with Crippen LogP contribution in [-0.2, 0) is 4.79 Å². The van der Waals surface area contributed by atoms with Gasteiger partial charge >= 0.3 is 5.97 Å². The standard InChI is InChI=1S/C13H14BrN3O2/c1-8-2-10(13(18)19)7-17(6-8)12-9(4-15)3-11(14)5-16-12/h3,5,8,10H,2,6-7H2,1H3,(H,18,19). The molecule has 2 atom stereocenters. The Morgan fingerprint density at radius 1 is 1.63 bits per heavy atom. The van der Waals surface area contributed by atoms with Gasteiger partial charge in [0, 0.05) is 23.8 Å². The second kappa shape index (κ2) is 5.57. The van der Waals surface area contributed by atoms with E-state index in [4.69, 9.17) is 5.26 Å². The number of hydrogen-bond donors (Lipinski definition) is 1. The summed E-state index contributed by atoms with van der Waals surface area (Å²) in [5, 5.41) is 18.3. The molecule has 2 unspecified atom stereocenters. The summed E-state index contributed by atoms with van der Waals surface area (Å²) >= 11 is 3.28. The topological polar surface area (TPSA) is 77.2 Å². The SMILES string of the molecule is CC1CC(C(=O)O)CN(c2ncc(Br)cc2C#N)C1. The molecule has 0 amide bonds. The molecule has 0 radical (unpaired) electrons. The molecule has 6 heteroatoms. The number of carboxylic acids is 1. The molecule has 1 N–H and O–H groups in total. The van der Waals surface area contributed by atoms with Gasteiger partial charge in [-0.25, -0.2) is 4.98 Å². The lowest BCUT2D eigenvalue weighted by molar-refractivity contribution is -0.142. The first-order valence-corrected chi connectivity index (χ1v) is 6.84. The highest BCUT2D eigenvalue weighted by Gasteiger charge is 2.31. The lowest BCUT2D eigenvalue weighted by atomic mass is 9.90. The fourth-order valence-corrected chi connectivity index (χ4v) is 2.80. The van der Waals surface area contributed by atoms with E-state index in [-0.39, 0.29) is 5.92 Å². The molecular weight excluding hydrogens is 310 g/mol. The van der Waals surface area contributed by atoms with Crippen molar-refractivity contribution >= 4 is 27.7 Å². The first kappa shape index (κ1) is 13.8. The number of carboxylic acid groups (broad SMARTS) is 1. The quantitative estimate of drug-likeness (QED) is 0.903. The van der Waals surface area contributed by atoms with Crippen LogP contribution in [0.2, 0.25) is 0 Å². The third-order valence-corrected chi connectivity index (χ3v) is 3.70. The van der Waals surface area contributed by atoms with Crippen molar-refractivity contribution in [2.75, 3.05) is 18.0 Å². The first-order chi connectivity index (χ1) is 9.01. The highest BCUT2D eigenvalue weighted by Crippen LogP contribution is 2.28. The fourth-order valence-electron chi connectivity index (χ4n) is 2.47. The van der Waals surface area contributed by atoms with E-state index in [9.17, 15) is 9.90 Å². The number of carbonyl (C=O) groups is 1. The number of anilines is 1. The van der Waals surface area contributed by atoms with Crippen LogP contribution >= 0.6 is 15.9 Å². The maximum atomic E-state index is 11.2. The molecule has 0 aromatic carbocycles. The molecule has 1 aromatic heterocycles. The normalized spacial score (nSPS) is 22.9. The van der Waals surface area contributed by atoms with Crippen molar-refractivity contribution in [1.82, 2.24) is 4.98 Å². The average Bonchev–Trinajstić information content (AvgIpc) is 2.37. The van der Waals surface area contributed by atoms with Crippen LogP contribution in [-0.4, -0.2) is 29.1 Å². The van der Waals surface area contributed by atoms with E-state index in [1.165, 1.54) is 0 Å². The summed E-state index contributed by atoms with van der Waals surface area (Å²) < 4.78 is 0.743. The maximum absolute atomic E-state index is 11.2. The highest BCUT2D eigenvalue weighted by molar-refractivity contribution is 9.10. The van der Waals surface area contributed by atoms with Gasteiger partial charge in [-0.1, -0.05) is 6.92 Å². The van der Waals surface area contributed by atoms with E-state index in [1.54, 1.807) is 12.3 Å². The Morgan fingerprint density at radius 2 is 2.37 bits per heavy atom. The van der Waals surface area contributed by atoms with Gasteiger partial charge in [-0.2, -0.15) is 5.26 Å². The Kier molecular flexibility index (Phi) is 4.05. The molecule has 1 fully saturated rings. The van der Waals surface area contributed by atoms with Crippen LogP contribution in [0.1, 0.15) is 18.9 Å². The summed E-state index contributed by atoms with van der Waals surface area (Å²) in [6.07, 6.45) is 2.30. The Balaban J connectivity index is 2.31. The van der Waals surface area contributed by atoms with Gasteiger partial charge in [-0.05, 0) is 34.3 Å². The van der Waals surface area contributed by atoms with Gasteiger partial charge < -0.3 is 10.0 Å². The third kappa shape index (κ3) is 3.04. The molecular formula is C13H14BrN3O2. The average molecular weight is 324 g/mol. The van der Waals surface area contributed by atoms with Crippen molar-refractivity contribution in [3.05, 3.63) is 22.3 Å². The molecule has 1 aliphatic rings. The predicted molar refractivity (Wildman–Crippen MR) is 73.8 cm³/mol. The minimum Gasteiger partial charge on any atom is -0.481 e. The summed E-state index contributed by atoms with van der Waals surface area (Å²) in [6.45, 7) is 3.16. The Bertz CT molecular complexity index is 541. The van der Waals surface area contributed by atoms with Crippen molar-refractivity contribution in [3.8, 4) is 6.07 Å². The number of rotatable bonds is 2. The van der Waals surface area contributed by atoms with Crippen molar-refractivity contribution in [1.29, 1.82) is 5.26 Å². The molecule has 0 bridgehead atoms. The summed E-state index contributed by atoms with van der Waals surface area (Å²) in [7, 11) is 0. The fraction of sp³-hybridized carbons (Fsp3) is 0.462. The number of pyridine rings is 1. The van der Waals surface area contributed by atoms with Crippen LogP contribution < -0.4 is 4.90 Å². The number of aromatic nitrogens is 1. The number of hydrogen-bond acceptors (Lipinski definition) is 4. The molecule has 1 aliphatic heterocycles. The lowest BCUT2D eigenvalue weighted by Crippen LogP contribution is -2.43. The van der Waals surface area contributed by atoms with E-state index < -0.39 is 11.9 Å². The van der Waals surface area contributed by atoms with E-state index in [2.05, 4.69) is 27.0 Å². The molecule has 0 spiro atoms. The number of halogens is 1. The Morgan fingerprint density at radius 3 is 3.00 bits per heavy atom. The summed E-state index contributed by atoms with van der Waals surface area (Å²) in [6, 6.07) is 3.82. The van der Waals surface area contributed by atoms with E-state index in [0.717, 1.165) is 11.0 Å². The molecule has 19 heavy (non-hydrogen) atoms. The smallest absolute Gasteiger partial charge is 0.308 e. The molecule has 2 rings (SSSR count). The molecule has 0 saturated carbocycles. The largest absolute Gasteiger partial charge is 0.481 e. The van der Waals surface area contributed by atoms with Gasteiger partial charge in [0.1, 0.15) is 11.9 Å². The summed E-state index contributed by atoms with van der Waals surface area (Å²) in [4.78, 5) is 17.3. The van der Waals surface area contributed by atoms with Crippen molar-refractivity contribution in [3.63, 3.8) is 0 Å². The van der Waals surface area contributed by atoms with Gasteiger partial charge in [0.15, 0.2) is 0 Å². The van der Waals surface area contributed by atoms with Crippen LogP contribution in [0, 0.1) is 23.2 Å². The van der Waals surface area contributed by atoms with E-state index >= 15 is 0 Å². The Labute approximate surface area is 120 Å². The number of nitriles is 1. The molecule has 2 heterocycles. The van der Waals surface area contributed by atoms with Crippen molar-refractivity contribution in [2.45, 2.75) is 13.3 Å². The molecule has 1 saturated heterocycles. The third-order valence-electron chi connectivity index (χ3n) is 3.26. The van der Waals surface area contributed by atoms with Crippen LogP contribution in [0.5, 0.6) is 0 Å². The Hall–Kier alpha value is -1.61. The van der Waals surface area contributed by atoms with Crippen molar-refractivity contribution < 1.29 is 9.90 Å². The molecule has 100 valence electrons.